The van der Waals surface area contributed by atoms with Gasteiger partial charge in [0.15, 0.2) is 5.78 Å². The average molecular weight is 274 g/mol. The molecule has 98 valence electrons. The Morgan fingerprint density at radius 3 is 2.68 bits per heavy atom. The summed E-state index contributed by atoms with van der Waals surface area (Å²) < 4.78 is 13.2. The smallest absolute Gasteiger partial charge is 0.161 e. The SMILES string of the molecule is CC(=O)c1cc(F)ccc1SCc1cccc(C)c1. The number of hydrogen-bond acceptors (Lipinski definition) is 2. The minimum atomic E-state index is -0.370. The summed E-state index contributed by atoms with van der Waals surface area (Å²) in [7, 11) is 0. The van der Waals surface area contributed by atoms with E-state index >= 15 is 0 Å². The first-order valence-corrected chi connectivity index (χ1v) is 7.03. The first-order chi connectivity index (χ1) is 9.06. The van der Waals surface area contributed by atoms with Gasteiger partial charge in [-0.25, -0.2) is 4.39 Å². The lowest BCUT2D eigenvalue weighted by Crippen LogP contribution is -1.96. The zero-order valence-corrected chi connectivity index (χ0v) is 11.8. The molecule has 0 heterocycles. The molecule has 0 amide bonds. The van der Waals surface area contributed by atoms with Crippen molar-refractivity contribution in [3.05, 3.63) is 65.0 Å². The highest BCUT2D eigenvalue weighted by Gasteiger charge is 2.09. The number of halogens is 1. The molecule has 0 aromatic heterocycles. The normalized spacial score (nSPS) is 10.5. The summed E-state index contributed by atoms with van der Waals surface area (Å²) in [5.41, 5.74) is 2.87. The van der Waals surface area contributed by atoms with E-state index in [0.29, 0.717) is 5.56 Å². The van der Waals surface area contributed by atoms with Crippen LogP contribution in [0.25, 0.3) is 0 Å². The number of rotatable bonds is 4. The molecule has 0 saturated heterocycles. The highest BCUT2D eigenvalue weighted by molar-refractivity contribution is 7.98. The van der Waals surface area contributed by atoms with Crippen LogP contribution in [-0.4, -0.2) is 5.78 Å². The lowest BCUT2D eigenvalue weighted by atomic mass is 10.1. The van der Waals surface area contributed by atoms with Crippen molar-refractivity contribution in [3.8, 4) is 0 Å². The molecule has 0 bridgehead atoms. The summed E-state index contributed by atoms with van der Waals surface area (Å²) in [6, 6.07) is 12.6. The molecule has 1 nitrogen and oxygen atoms in total. The van der Waals surface area contributed by atoms with Crippen LogP contribution >= 0.6 is 11.8 Å². The molecule has 0 aliphatic carbocycles. The van der Waals surface area contributed by atoms with Gasteiger partial charge in [0.05, 0.1) is 0 Å². The molecule has 2 aromatic rings. The molecule has 19 heavy (non-hydrogen) atoms. The minimum absolute atomic E-state index is 0.105. The van der Waals surface area contributed by atoms with Crippen LogP contribution in [0.1, 0.15) is 28.4 Å². The third kappa shape index (κ3) is 3.67. The van der Waals surface area contributed by atoms with Crippen LogP contribution in [0.15, 0.2) is 47.4 Å². The van der Waals surface area contributed by atoms with Gasteiger partial charge in [-0.05, 0) is 37.6 Å². The largest absolute Gasteiger partial charge is 0.294 e. The molecule has 2 rings (SSSR count). The highest BCUT2D eigenvalue weighted by atomic mass is 32.2. The Morgan fingerprint density at radius 1 is 1.21 bits per heavy atom. The number of hydrogen-bond donors (Lipinski definition) is 0. The molecule has 0 fully saturated rings. The van der Waals surface area contributed by atoms with Gasteiger partial charge in [0.25, 0.3) is 0 Å². The molecule has 2 aromatic carbocycles. The molecule has 0 aliphatic heterocycles. The molecule has 0 spiro atoms. The van der Waals surface area contributed by atoms with Crippen LogP contribution < -0.4 is 0 Å². The van der Waals surface area contributed by atoms with Gasteiger partial charge in [-0.1, -0.05) is 29.8 Å². The second kappa shape index (κ2) is 6.02. The van der Waals surface area contributed by atoms with Crippen molar-refractivity contribution in [1.29, 1.82) is 0 Å². The third-order valence-corrected chi connectivity index (χ3v) is 3.94. The Kier molecular flexibility index (Phi) is 4.38. The van der Waals surface area contributed by atoms with Gasteiger partial charge in [-0.2, -0.15) is 0 Å². The molecule has 0 radical (unpaired) electrons. The number of ketones is 1. The number of Topliss-reactive ketones (excluding diaryl/α,β-unsaturated/α-hetero) is 1. The van der Waals surface area contributed by atoms with Gasteiger partial charge in [-0.3, -0.25) is 4.79 Å². The molecule has 0 aliphatic rings. The van der Waals surface area contributed by atoms with Crippen molar-refractivity contribution in [2.24, 2.45) is 0 Å². The van der Waals surface area contributed by atoms with E-state index in [1.807, 2.05) is 19.1 Å². The van der Waals surface area contributed by atoms with Crippen molar-refractivity contribution in [1.82, 2.24) is 0 Å². The summed E-state index contributed by atoms with van der Waals surface area (Å²) in [4.78, 5) is 12.3. The van der Waals surface area contributed by atoms with E-state index in [-0.39, 0.29) is 11.6 Å². The van der Waals surface area contributed by atoms with Crippen LogP contribution in [0.4, 0.5) is 4.39 Å². The maximum Gasteiger partial charge on any atom is 0.161 e. The Bertz CT molecular complexity index is 607. The van der Waals surface area contributed by atoms with Crippen molar-refractivity contribution in [2.75, 3.05) is 0 Å². The molecule has 0 unspecified atom stereocenters. The van der Waals surface area contributed by atoms with Crippen molar-refractivity contribution in [3.63, 3.8) is 0 Å². The third-order valence-electron chi connectivity index (χ3n) is 2.80. The van der Waals surface area contributed by atoms with Crippen LogP contribution in [0.3, 0.4) is 0 Å². The van der Waals surface area contributed by atoms with Crippen LogP contribution in [0, 0.1) is 12.7 Å². The zero-order chi connectivity index (χ0) is 13.8. The van der Waals surface area contributed by atoms with E-state index in [4.69, 9.17) is 0 Å². The quantitative estimate of drug-likeness (QED) is 0.597. The number of aryl methyl sites for hydroxylation is 1. The maximum absolute atomic E-state index is 13.2. The number of benzene rings is 2. The summed E-state index contributed by atoms with van der Waals surface area (Å²) in [5, 5.41) is 0. The van der Waals surface area contributed by atoms with Gasteiger partial charge >= 0.3 is 0 Å². The molecule has 0 atom stereocenters. The molecular weight excluding hydrogens is 259 g/mol. The average Bonchev–Trinajstić information content (AvgIpc) is 2.37. The fourth-order valence-electron chi connectivity index (χ4n) is 1.87. The number of thioether (sulfide) groups is 1. The zero-order valence-electron chi connectivity index (χ0n) is 10.9. The Labute approximate surface area is 116 Å². The van der Waals surface area contributed by atoms with E-state index in [9.17, 15) is 9.18 Å². The number of carbonyl (C=O) groups excluding carboxylic acids is 1. The Hall–Kier alpha value is -1.61. The second-order valence-electron chi connectivity index (χ2n) is 4.47. The minimum Gasteiger partial charge on any atom is -0.294 e. The molecular formula is C16H15FOS. The van der Waals surface area contributed by atoms with Crippen LogP contribution in [0.5, 0.6) is 0 Å². The van der Waals surface area contributed by atoms with E-state index < -0.39 is 0 Å². The van der Waals surface area contributed by atoms with Crippen molar-refractivity contribution in [2.45, 2.75) is 24.5 Å². The van der Waals surface area contributed by atoms with Gasteiger partial charge in [0, 0.05) is 16.2 Å². The summed E-state index contributed by atoms with van der Waals surface area (Å²) >= 11 is 1.56. The lowest BCUT2D eigenvalue weighted by molar-refractivity contribution is 0.101. The van der Waals surface area contributed by atoms with Crippen molar-refractivity contribution < 1.29 is 9.18 Å². The van der Waals surface area contributed by atoms with E-state index in [2.05, 4.69) is 12.1 Å². The first-order valence-electron chi connectivity index (χ1n) is 6.05. The first kappa shape index (κ1) is 13.8. The van der Waals surface area contributed by atoms with Gasteiger partial charge in [0.2, 0.25) is 0 Å². The molecule has 0 N–H and O–H groups in total. The fourth-order valence-corrected chi connectivity index (χ4v) is 2.89. The fraction of sp³-hybridized carbons (Fsp3) is 0.188. The Balaban J connectivity index is 2.17. The topological polar surface area (TPSA) is 17.1 Å². The van der Waals surface area contributed by atoms with Crippen LogP contribution in [-0.2, 0) is 5.75 Å². The van der Waals surface area contributed by atoms with Gasteiger partial charge in [0.1, 0.15) is 5.82 Å². The summed E-state index contributed by atoms with van der Waals surface area (Å²) in [5.74, 6) is 0.296. The predicted octanol–water partition coefficient (Wildman–Crippen LogP) is 4.63. The van der Waals surface area contributed by atoms with E-state index in [1.54, 1.807) is 17.8 Å². The monoisotopic (exact) mass is 274 g/mol. The summed E-state index contributed by atoms with van der Waals surface area (Å²) in [6.45, 7) is 3.51. The van der Waals surface area contributed by atoms with Gasteiger partial charge < -0.3 is 0 Å². The predicted molar refractivity (Wildman–Crippen MR) is 77.1 cm³/mol. The highest BCUT2D eigenvalue weighted by Crippen LogP contribution is 2.27. The van der Waals surface area contributed by atoms with E-state index in [0.717, 1.165) is 10.6 Å². The Morgan fingerprint density at radius 2 is 2.00 bits per heavy atom. The van der Waals surface area contributed by atoms with Gasteiger partial charge in [-0.15, -0.1) is 11.8 Å². The maximum atomic E-state index is 13.2. The molecule has 0 saturated carbocycles. The summed E-state index contributed by atoms with van der Waals surface area (Å²) in [6.07, 6.45) is 0. The second-order valence-corrected chi connectivity index (χ2v) is 5.49. The standard InChI is InChI=1S/C16H15FOS/c1-11-4-3-5-13(8-11)10-19-16-7-6-14(17)9-15(16)12(2)18/h3-9H,10H2,1-2H3. The van der Waals surface area contributed by atoms with Crippen molar-refractivity contribution >= 4 is 17.5 Å². The lowest BCUT2D eigenvalue weighted by Gasteiger charge is -2.07. The van der Waals surface area contributed by atoms with E-state index in [1.165, 1.54) is 30.2 Å². The molecule has 3 heteroatoms. The number of carbonyl (C=O) groups is 1. The van der Waals surface area contributed by atoms with Crippen LogP contribution in [0.2, 0.25) is 0 Å².